The lowest BCUT2D eigenvalue weighted by Crippen LogP contribution is -2.57. The van der Waals surface area contributed by atoms with Crippen molar-refractivity contribution in [1.29, 1.82) is 0 Å². The Balaban J connectivity index is 3.53. The number of ether oxygens (including phenoxy) is 3. The van der Waals surface area contributed by atoms with Crippen LogP contribution in [-0.4, -0.2) is 54.2 Å². The van der Waals surface area contributed by atoms with E-state index in [1.807, 2.05) is 0 Å². The van der Waals surface area contributed by atoms with Gasteiger partial charge in [-0.2, -0.15) is 0 Å². The molecule has 1 fully saturated rings. The lowest BCUT2D eigenvalue weighted by molar-refractivity contribution is -0.158. The Hall–Kier alpha value is -2.38. The van der Waals surface area contributed by atoms with E-state index in [1.54, 1.807) is 27.7 Å². The topological polar surface area (TPSA) is 99.2 Å². The molecular weight excluding hydrogens is 342 g/mol. The number of rotatable bonds is 4. The highest BCUT2D eigenvalue weighted by Crippen LogP contribution is 2.46. The van der Waals surface area contributed by atoms with Crippen molar-refractivity contribution in [3.8, 4) is 0 Å². The molecule has 0 saturated carbocycles. The highest BCUT2D eigenvalue weighted by Gasteiger charge is 2.64. The molecule has 1 saturated heterocycles. The van der Waals surface area contributed by atoms with E-state index in [2.05, 4.69) is 6.58 Å². The third kappa shape index (κ3) is 3.89. The van der Waals surface area contributed by atoms with Crippen molar-refractivity contribution in [2.45, 2.75) is 52.2 Å². The summed E-state index contributed by atoms with van der Waals surface area (Å²) in [4.78, 5) is 50.9. The third-order valence-corrected chi connectivity index (χ3v) is 4.40. The number of carbonyl (C=O) groups excluding carboxylic acids is 4. The fraction of sp³-hybridized carbons (Fsp3) is 0.667. The monoisotopic (exact) mass is 369 g/mol. The number of hydrogen-bond donors (Lipinski definition) is 0. The zero-order valence-electron chi connectivity index (χ0n) is 16.4. The van der Waals surface area contributed by atoms with Crippen LogP contribution in [0.15, 0.2) is 12.2 Å². The van der Waals surface area contributed by atoms with Gasteiger partial charge in [-0.25, -0.2) is 14.5 Å². The first kappa shape index (κ1) is 21.7. The Morgan fingerprint density at radius 1 is 1.19 bits per heavy atom. The third-order valence-electron chi connectivity index (χ3n) is 4.40. The molecule has 26 heavy (non-hydrogen) atoms. The number of amides is 2. The maximum Gasteiger partial charge on any atom is 0.418 e. The number of carbonyl (C=O) groups is 4. The number of methoxy groups -OCH3 is 2. The Labute approximate surface area is 153 Å². The zero-order chi connectivity index (χ0) is 20.4. The van der Waals surface area contributed by atoms with Gasteiger partial charge in [0.1, 0.15) is 5.60 Å². The summed E-state index contributed by atoms with van der Waals surface area (Å²) < 4.78 is 14.8. The predicted octanol–water partition coefficient (Wildman–Crippen LogP) is 2.07. The molecule has 0 N–H and O–H groups in total. The van der Waals surface area contributed by atoms with Crippen molar-refractivity contribution >= 4 is 23.9 Å². The first-order valence-electron chi connectivity index (χ1n) is 8.19. The fourth-order valence-electron chi connectivity index (χ4n) is 3.20. The van der Waals surface area contributed by atoms with E-state index in [4.69, 9.17) is 14.2 Å². The van der Waals surface area contributed by atoms with Crippen molar-refractivity contribution in [2.24, 2.45) is 11.8 Å². The molecule has 0 spiro atoms. The molecule has 0 unspecified atom stereocenters. The molecule has 8 nitrogen and oxygen atoms in total. The minimum atomic E-state index is -1.73. The molecule has 8 heteroatoms. The maximum absolute atomic E-state index is 13.0. The Kier molecular flexibility index (Phi) is 6.22. The molecule has 3 atom stereocenters. The van der Waals surface area contributed by atoms with Crippen LogP contribution in [0.3, 0.4) is 0 Å². The maximum atomic E-state index is 13.0. The van der Waals surface area contributed by atoms with Crippen LogP contribution in [0.2, 0.25) is 0 Å². The molecule has 0 aliphatic carbocycles. The number of hydrogen-bond acceptors (Lipinski definition) is 7. The predicted molar refractivity (Wildman–Crippen MR) is 91.9 cm³/mol. The van der Waals surface area contributed by atoms with Gasteiger partial charge in [0, 0.05) is 5.92 Å². The highest BCUT2D eigenvalue weighted by molar-refractivity contribution is 6.04. The average Bonchev–Trinajstić information content (AvgIpc) is 2.72. The molecule has 0 aromatic heterocycles. The number of nitrogens with zero attached hydrogens (tertiary/aromatic N) is 1. The van der Waals surface area contributed by atoms with E-state index >= 15 is 0 Å². The largest absolute Gasteiger partial charge is 0.469 e. The van der Waals surface area contributed by atoms with Crippen LogP contribution in [0.25, 0.3) is 0 Å². The summed E-state index contributed by atoms with van der Waals surface area (Å²) in [5.41, 5.74) is -2.19. The summed E-state index contributed by atoms with van der Waals surface area (Å²) in [5, 5.41) is 0. The van der Waals surface area contributed by atoms with Crippen molar-refractivity contribution in [3.05, 3.63) is 12.2 Å². The molecule has 0 aromatic rings. The van der Waals surface area contributed by atoms with E-state index in [0.717, 1.165) is 12.0 Å². The lowest BCUT2D eigenvalue weighted by atomic mass is 9.76. The molecule has 0 bridgehead atoms. The van der Waals surface area contributed by atoms with E-state index in [9.17, 15) is 19.2 Å². The van der Waals surface area contributed by atoms with Gasteiger partial charge in [-0.15, -0.1) is 0 Å². The first-order valence-corrected chi connectivity index (χ1v) is 8.19. The first-order chi connectivity index (χ1) is 11.8. The van der Waals surface area contributed by atoms with E-state index in [1.165, 1.54) is 14.0 Å². The quantitative estimate of drug-likeness (QED) is 0.425. The normalized spacial score (nSPS) is 25.7. The van der Waals surface area contributed by atoms with Crippen LogP contribution in [0, 0.1) is 11.8 Å². The fourth-order valence-corrected chi connectivity index (χ4v) is 3.20. The van der Waals surface area contributed by atoms with Crippen molar-refractivity contribution in [2.75, 3.05) is 14.2 Å². The van der Waals surface area contributed by atoms with Crippen molar-refractivity contribution in [3.63, 3.8) is 0 Å². The van der Waals surface area contributed by atoms with Crippen LogP contribution in [-0.2, 0) is 28.6 Å². The van der Waals surface area contributed by atoms with Gasteiger partial charge in [0.05, 0.1) is 26.6 Å². The summed E-state index contributed by atoms with van der Waals surface area (Å²) in [5.74, 6) is -3.91. The molecule has 1 heterocycles. The highest BCUT2D eigenvalue weighted by atomic mass is 16.6. The Bertz CT molecular complexity index is 634. The lowest BCUT2D eigenvalue weighted by Gasteiger charge is -2.35. The van der Waals surface area contributed by atoms with Gasteiger partial charge >= 0.3 is 18.0 Å². The average molecular weight is 369 g/mol. The summed E-state index contributed by atoms with van der Waals surface area (Å²) in [7, 11) is 2.35. The summed E-state index contributed by atoms with van der Waals surface area (Å²) in [6, 6.07) is 0. The second kappa shape index (κ2) is 7.47. The second-order valence-corrected chi connectivity index (χ2v) is 7.50. The summed E-state index contributed by atoms with van der Waals surface area (Å²) in [6.07, 6.45) is -1.24. The standard InChI is InChI=1S/C18H27NO7/c1-10(2)13-11(9-12(20)24-7)18(6,15(22)25-8)19(14(13)21)16(23)26-17(3,4)5/h11,13H,1,9H2,2-8H3/t11-,13+,18-/m0/s1. The molecule has 1 aliphatic heterocycles. The van der Waals surface area contributed by atoms with Crippen LogP contribution in [0.4, 0.5) is 4.79 Å². The van der Waals surface area contributed by atoms with Gasteiger partial charge in [-0.1, -0.05) is 12.2 Å². The van der Waals surface area contributed by atoms with Crippen LogP contribution in [0.5, 0.6) is 0 Å². The minimum Gasteiger partial charge on any atom is -0.469 e. The van der Waals surface area contributed by atoms with Crippen LogP contribution in [0.1, 0.15) is 41.0 Å². The molecule has 0 aromatic carbocycles. The Morgan fingerprint density at radius 3 is 2.12 bits per heavy atom. The van der Waals surface area contributed by atoms with Crippen LogP contribution < -0.4 is 0 Å². The van der Waals surface area contributed by atoms with Gasteiger partial charge in [0.25, 0.3) is 0 Å². The number of likely N-dealkylation sites (tertiary alicyclic amines) is 1. The molecule has 1 aliphatic rings. The number of esters is 2. The SMILES string of the molecule is C=C(C)[C@H]1C(=O)N(C(=O)OC(C)(C)C)[C@](C)(C(=O)OC)[C@H]1CC(=O)OC. The molecular formula is C18H27NO7. The van der Waals surface area contributed by atoms with Crippen LogP contribution >= 0.6 is 0 Å². The zero-order valence-corrected chi connectivity index (χ0v) is 16.4. The van der Waals surface area contributed by atoms with Crippen molar-refractivity contribution in [1.82, 2.24) is 4.90 Å². The summed E-state index contributed by atoms with van der Waals surface area (Å²) >= 11 is 0. The second-order valence-electron chi connectivity index (χ2n) is 7.50. The van der Waals surface area contributed by atoms with Crippen molar-refractivity contribution < 1.29 is 33.4 Å². The van der Waals surface area contributed by atoms with Gasteiger partial charge < -0.3 is 14.2 Å². The molecule has 0 radical (unpaired) electrons. The van der Waals surface area contributed by atoms with E-state index in [0.29, 0.717) is 5.57 Å². The molecule has 146 valence electrons. The van der Waals surface area contributed by atoms with Gasteiger partial charge in [-0.05, 0) is 34.6 Å². The smallest absolute Gasteiger partial charge is 0.418 e. The number of imide groups is 1. The van der Waals surface area contributed by atoms with Gasteiger partial charge in [0.15, 0.2) is 5.54 Å². The van der Waals surface area contributed by atoms with Gasteiger partial charge in [-0.3, -0.25) is 9.59 Å². The van der Waals surface area contributed by atoms with Gasteiger partial charge in [0.2, 0.25) is 5.91 Å². The molecule has 1 rings (SSSR count). The van der Waals surface area contributed by atoms with E-state index in [-0.39, 0.29) is 6.42 Å². The van der Waals surface area contributed by atoms with E-state index < -0.39 is 46.9 Å². The molecule has 2 amide bonds. The minimum absolute atomic E-state index is 0.259. The Morgan fingerprint density at radius 2 is 1.73 bits per heavy atom. The summed E-state index contributed by atoms with van der Waals surface area (Å²) in [6.45, 7) is 11.7.